The number of fused-ring (bicyclic) bond motifs is 12. The van der Waals surface area contributed by atoms with Gasteiger partial charge in [-0.05, 0) is 54.6 Å². The van der Waals surface area contributed by atoms with Gasteiger partial charge in [0.2, 0.25) is 57.4 Å². The number of aromatic carboxylic acids is 1. The van der Waals surface area contributed by atoms with Crippen LogP contribution >= 0.6 is 0 Å². The van der Waals surface area contributed by atoms with E-state index in [1.54, 1.807) is 0 Å². The number of carbonyl (C=O) groups is 11. The van der Waals surface area contributed by atoms with Crippen molar-refractivity contribution < 1.29 is 248 Å². The normalized spacial score (nSPS) is 22.8. The zero-order valence-corrected chi connectivity index (χ0v) is 64.0. The molecule has 676 valence electrons. The van der Waals surface area contributed by atoms with Crippen molar-refractivity contribution >= 4 is 71.0 Å². The molecule has 1 unspecified atom stereocenters. The number of carboxylic acids is 1. The fourth-order valence-corrected chi connectivity index (χ4v) is 17.0. The van der Waals surface area contributed by atoms with Crippen LogP contribution < -0.4 is 9.47 Å². The lowest BCUT2D eigenvalue weighted by molar-refractivity contribution is -0.200. The number of esters is 9. The number of ether oxygens (including phenoxy) is 11. The van der Waals surface area contributed by atoms with E-state index in [4.69, 9.17) is 52.1 Å². The number of phenolic OH excluding ortho intramolecular Hbond substituents is 25. The van der Waals surface area contributed by atoms with Gasteiger partial charge >= 0.3 is 59.7 Å². The molecule has 9 aliphatic rings. The number of carbonyl (C=O) groups excluding carboxylic acids is 10. The van der Waals surface area contributed by atoms with Crippen LogP contribution in [0.3, 0.4) is 0 Å². The molecule has 28 N–H and O–H groups in total. The maximum absolute atomic E-state index is 16.2. The molecule has 131 heavy (non-hydrogen) atoms. The third-order valence-corrected chi connectivity index (χ3v) is 22.9. The van der Waals surface area contributed by atoms with Gasteiger partial charge in [-0.2, -0.15) is 0 Å². The molecule has 0 aromatic heterocycles. The number of aliphatic hydroxyl groups excluding tert-OH is 2. The molecule has 1 aliphatic carbocycles. The lowest BCUT2D eigenvalue weighted by Crippen LogP contribution is -2.65. The van der Waals surface area contributed by atoms with Crippen molar-refractivity contribution in [3.8, 4) is 189 Å². The number of rotatable bonds is 7. The summed E-state index contributed by atoms with van der Waals surface area (Å²) in [7, 11) is 0. The summed E-state index contributed by atoms with van der Waals surface area (Å²) in [5.41, 5.74) is -30.4. The number of aromatic hydroxyl groups is 25. The Morgan fingerprint density at radius 2 is 0.695 bits per heavy atom. The summed E-state index contributed by atoms with van der Waals surface area (Å²) >= 11 is 0. The molecule has 0 radical (unpaired) electrons. The Labute approximate surface area is 717 Å². The Balaban J connectivity index is 0.915. The molecule has 18 rings (SSSR count). The number of ketones is 1. The highest BCUT2D eigenvalue weighted by Crippen LogP contribution is 2.68. The zero-order valence-electron chi connectivity index (χ0n) is 64.0. The quantitative estimate of drug-likeness (QED) is 0.0619. The number of aliphatic hydroxyl groups is 2. The van der Waals surface area contributed by atoms with E-state index in [2.05, 4.69) is 0 Å². The van der Waals surface area contributed by atoms with E-state index in [1.165, 1.54) is 0 Å². The predicted octanol–water partition coefficient (Wildman–Crippen LogP) is 2.45. The second kappa shape index (κ2) is 29.0. The number of Topliss-reactive ketones (excluding diaryl/α,β-unsaturated/α-hetero) is 1. The minimum absolute atomic E-state index is 0.0968. The molecular weight excluding hydrogens is 1770 g/mol. The van der Waals surface area contributed by atoms with Crippen LogP contribution in [0, 0.1) is 5.92 Å². The Morgan fingerprint density at radius 1 is 0.336 bits per heavy atom. The Kier molecular flexibility index (Phi) is 18.8. The van der Waals surface area contributed by atoms with Crippen LogP contribution in [-0.4, -0.2) is 276 Å². The van der Waals surface area contributed by atoms with Gasteiger partial charge in [-0.3, -0.25) is 9.59 Å². The fourth-order valence-electron chi connectivity index (χ4n) is 17.0. The van der Waals surface area contributed by atoms with E-state index in [0.717, 1.165) is 0 Å². The zero-order chi connectivity index (χ0) is 94.9. The first-order chi connectivity index (χ1) is 61.7. The first-order valence-electron chi connectivity index (χ1n) is 36.9. The highest BCUT2D eigenvalue weighted by molar-refractivity contribution is 6.22. The van der Waals surface area contributed by atoms with Gasteiger partial charge in [0.05, 0.1) is 56.0 Å². The van der Waals surface area contributed by atoms with Crippen LogP contribution in [0.25, 0.3) is 39.0 Å². The van der Waals surface area contributed by atoms with Gasteiger partial charge in [0.15, 0.2) is 164 Å². The van der Waals surface area contributed by atoms with Gasteiger partial charge in [-0.15, -0.1) is 0 Å². The molecule has 9 aromatic carbocycles. The summed E-state index contributed by atoms with van der Waals surface area (Å²) in [6, 6.07) is 2.00. The molecule has 8 bridgehead atoms. The number of cyclic esters (lactones) is 5. The Hall–Kier alpha value is -18.5. The molecule has 12 atom stereocenters. The largest absolute Gasteiger partial charge is 0.504 e. The van der Waals surface area contributed by atoms with Crippen molar-refractivity contribution in [1.29, 1.82) is 0 Å². The molecular formula is C81H52O50. The van der Waals surface area contributed by atoms with Crippen molar-refractivity contribution in [3.63, 3.8) is 0 Å². The van der Waals surface area contributed by atoms with Crippen molar-refractivity contribution in [3.05, 3.63) is 127 Å². The molecule has 50 heteroatoms. The van der Waals surface area contributed by atoms with Crippen LogP contribution in [0.1, 0.15) is 122 Å². The van der Waals surface area contributed by atoms with Gasteiger partial charge in [0.25, 0.3) is 0 Å². The van der Waals surface area contributed by atoms with Crippen molar-refractivity contribution in [2.24, 2.45) is 5.92 Å². The van der Waals surface area contributed by atoms with Gasteiger partial charge in [-0.25, -0.2) is 43.2 Å². The number of phenols is 25. The molecule has 8 heterocycles. The highest BCUT2D eigenvalue weighted by Gasteiger charge is 2.77. The summed E-state index contributed by atoms with van der Waals surface area (Å²) in [6.45, 7) is -3.81. The summed E-state index contributed by atoms with van der Waals surface area (Å²) in [6.07, 6.45) is -28.7. The number of carboxylic acid groups (broad SMARTS) is 1. The second-order valence-corrected chi connectivity index (χ2v) is 29.9. The van der Waals surface area contributed by atoms with Crippen LogP contribution in [0.5, 0.6) is 155 Å². The van der Waals surface area contributed by atoms with Crippen LogP contribution in [0.2, 0.25) is 0 Å². The molecule has 9 aromatic rings. The average Bonchev–Trinajstić information content (AvgIpc) is 1.51. The smallest absolute Gasteiger partial charge is 0.339 e. The first-order valence-corrected chi connectivity index (χ1v) is 36.9. The molecule has 0 amide bonds. The number of hydrogen-bond acceptors (Lipinski definition) is 49. The van der Waals surface area contributed by atoms with E-state index in [9.17, 15) is 162 Å². The van der Waals surface area contributed by atoms with Crippen molar-refractivity contribution in [2.45, 2.75) is 66.5 Å². The number of benzene rings is 9. The third kappa shape index (κ3) is 11.9. The molecule has 0 saturated carbocycles. The standard InChI is InChI=1S/C81H52O50/c82-20-1-12(2-21(83)44(20)90)72(112)124-30-11-122-74(114)15-4-23(85)46(92)53(99)32(15)34-17(6-25(87)48(94)55(34)101)76(116)126-64(30)68-66-42-37-13(71(110)111)9-28(51(97)65(37)131-81(42)43(80(120)127-66)40(61(107)70(81)109)36-19(78(118)129-68)8-27(89)50(96)57(36)103)123-29-10-121-73(113)14-3-22(84)45(91)52(98)31(14)33-16(5-24(86)47(93)54(33)100)75(115)125-63(29)69-67-60(106)41-39(79(119)128-67)38(58(104)62(108)59(41)105)35-18(77(117)130-69)7-26(88)49(95)56(35)102/h1-9,29-30,42-43,60,63-64,66-69,82-108H,10-11H2,(H,110,111)/t29-,30-,42+,43?,60-,63-,64-,66-,67-,68+,69+,81+/m1/s1. The van der Waals surface area contributed by atoms with Crippen LogP contribution in [0.4, 0.5) is 0 Å². The minimum atomic E-state index is -3.85. The summed E-state index contributed by atoms with van der Waals surface area (Å²) in [5.74, 6) is -75.4. The topological polar surface area (TPSA) is 856 Å². The van der Waals surface area contributed by atoms with Crippen LogP contribution in [0.15, 0.2) is 60.4 Å². The Bertz CT molecular complexity index is 6890. The maximum Gasteiger partial charge on any atom is 0.339 e. The molecule has 1 saturated heterocycles. The molecule has 1 spiro atoms. The third-order valence-electron chi connectivity index (χ3n) is 22.9. The number of hydrogen-bond donors (Lipinski definition) is 28. The first kappa shape index (κ1) is 84.7. The molecule has 50 nitrogen and oxygen atoms in total. The van der Waals surface area contributed by atoms with E-state index in [-0.39, 0.29) is 42.5 Å². The summed E-state index contributed by atoms with van der Waals surface area (Å²) in [4.78, 5) is 169. The maximum atomic E-state index is 16.2. The molecule has 8 aliphatic heterocycles. The van der Waals surface area contributed by atoms with E-state index >= 15 is 33.6 Å². The lowest BCUT2D eigenvalue weighted by Gasteiger charge is -2.47. The lowest BCUT2D eigenvalue weighted by atomic mass is 9.66. The molecule has 1 fully saturated rings. The monoisotopic (exact) mass is 1820 g/mol. The summed E-state index contributed by atoms with van der Waals surface area (Å²) < 4.78 is 65.1. The van der Waals surface area contributed by atoms with Gasteiger partial charge < -0.3 is 195 Å². The van der Waals surface area contributed by atoms with E-state index in [0.29, 0.717) is 12.1 Å². The van der Waals surface area contributed by atoms with Crippen molar-refractivity contribution in [1.82, 2.24) is 0 Å². The van der Waals surface area contributed by atoms with Crippen LogP contribution in [-0.2, 0) is 52.2 Å². The van der Waals surface area contributed by atoms with Gasteiger partial charge in [0.1, 0.15) is 25.2 Å². The Morgan fingerprint density at radius 3 is 1.13 bits per heavy atom. The summed E-state index contributed by atoms with van der Waals surface area (Å²) in [5, 5.41) is 319. The highest BCUT2D eigenvalue weighted by atomic mass is 16.7. The average molecular weight is 1830 g/mol. The predicted molar refractivity (Wildman–Crippen MR) is 403 cm³/mol. The fraction of sp³-hybridized carbons (Fsp3) is 0.173. The second-order valence-electron chi connectivity index (χ2n) is 29.9. The minimum Gasteiger partial charge on any atom is -0.504 e. The SMILES string of the molecule is O=C(O[C@@H]1COC(=O)c2cc(O)c(O)c(O)c2-c2c(cc(O)c(O)c2O)C(=O)O[C@H]1[C@@H]1OC(=O)c2cc(O)c(O)c(O)c2C2=C(O)C(=O)[C@]34Oc5c(O)c(O[C@@H]6COC(=O)c7cc(O)c(O)c(O)c7-c7c(cc(O)c(O)c7O)C(=O)O[C@H]6[C@@H]6OC(=O)c7cc(O)c(O)c(O)c7-c7c(O)c(O)c(O)c8c7C(=O)O[C@@H]6[C@@H]8O)cc(C(=O)O)c5[C@H]3[C@H]1OC(=O)C24)c1cc(O)c(O)c(O)c1. The van der Waals surface area contributed by atoms with E-state index < -0.39 is 418 Å². The van der Waals surface area contributed by atoms with Gasteiger partial charge in [0, 0.05) is 55.6 Å². The van der Waals surface area contributed by atoms with Crippen molar-refractivity contribution in [2.75, 3.05) is 13.2 Å². The van der Waals surface area contributed by atoms with E-state index in [1.807, 2.05) is 0 Å². The van der Waals surface area contributed by atoms with Gasteiger partial charge in [-0.1, -0.05) is 0 Å².